The van der Waals surface area contributed by atoms with E-state index < -0.39 is 11.0 Å². The number of methoxy groups -OCH3 is 1. The summed E-state index contributed by atoms with van der Waals surface area (Å²) in [6, 6.07) is 20.6. The Morgan fingerprint density at radius 1 is 1.13 bits per heavy atom. The quantitative estimate of drug-likeness (QED) is 0.311. The number of amidine groups is 2. The third-order valence-electron chi connectivity index (χ3n) is 6.35. The molecule has 3 aromatic rings. The van der Waals surface area contributed by atoms with Crippen molar-refractivity contribution in [3.63, 3.8) is 0 Å². The van der Waals surface area contributed by atoms with Crippen LogP contribution in [0.15, 0.2) is 82.8 Å². The molecule has 3 aromatic carbocycles. The largest absolute Gasteiger partial charge is 0.496 e. The van der Waals surface area contributed by atoms with Crippen molar-refractivity contribution in [3.05, 3.63) is 99.6 Å². The zero-order valence-electron chi connectivity index (χ0n) is 21.1. The van der Waals surface area contributed by atoms with Gasteiger partial charge in [0.05, 0.1) is 17.7 Å². The second kappa shape index (κ2) is 11.5. The second-order valence-corrected chi connectivity index (χ2v) is 9.84. The first-order valence-corrected chi connectivity index (χ1v) is 13.3. The van der Waals surface area contributed by atoms with Crippen molar-refractivity contribution in [2.75, 3.05) is 7.11 Å². The normalized spacial score (nSPS) is 15.7. The van der Waals surface area contributed by atoms with Gasteiger partial charge in [-0.05, 0) is 30.2 Å². The van der Waals surface area contributed by atoms with Crippen molar-refractivity contribution < 1.29 is 19.2 Å². The van der Waals surface area contributed by atoms with Crippen LogP contribution in [0.2, 0.25) is 0 Å². The Morgan fingerprint density at radius 3 is 2.74 bits per heavy atom. The van der Waals surface area contributed by atoms with E-state index in [1.54, 1.807) is 19.2 Å². The van der Waals surface area contributed by atoms with Crippen LogP contribution in [-0.4, -0.2) is 45.8 Å². The summed E-state index contributed by atoms with van der Waals surface area (Å²) in [5, 5.41) is 14.5. The van der Waals surface area contributed by atoms with Crippen LogP contribution in [0.25, 0.3) is 0 Å². The van der Waals surface area contributed by atoms with Gasteiger partial charge in [0, 0.05) is 42.0 Å². The Hall–Kier alpha value is -4.51. The van der Waals surface area contributed by atoms with E-state index in [1.165, 1.54) is 28.8 Å². The van der Waals surface area contributed by atoms with Crippen LogP contribution in [0, 0.1) is 10.1 Å². The number of aliphatic imine (C=N–C) groups is 2. The first-order chi connectivity index (χ1) is 18.9. The van der Waals surface area contributed by atoms with Gasteiger partial charge in [0.2, 0.25) is 5.91 Å². The Balaban J connectivity index is 1.28. The molecule has 0 saturated heterocycles. The summed E-state index contributed by atoms with van der Waals surface area (Å²) in [6.07, 6.45) is 0.382. The summed E-state index contributed by atoms with van der Waals surface area (Å²) >= 11 is 1.31. The Kier molecular flexibility index (Phi) is 7.69. The average Bonchev–Trinajstić information content (AvgIpc) is 3.30. The topological polar surface area (TPSA) is 126 Å². The maximum Gasteiger partial charge on any atom is 0.269 e. The van der Waals surface area contributed by atoms with E-state index in [0.717, 1.165) is 16.7 Å². The van der Waals surface area contributed by atoms with Crippen LogP contribution in [-0.2, 0) is 21.9 Å². The third kappa shape index (κ3) is 5.68. The molecule has 1 N–H and O–H groups in total. The van der Waals surface area contributed by atoms with Gasteiger partial charge in [0.25, 0.3) is 11.6 Å². The molecular weight excluding hydrogens is 518 g/mol. The van der Waals surface area contributed by atoms with E-state index in [4.69, 9.17) is 14.7 Å². The number of non-ortho nitro benzene ring substituents is 1. The highest BCUT2D eigenvalue weighted by atomic mass is 32.2. The molecule has 0 fully saturated rings. The molecule has 11 heteroatoms. The average molecular weight is 544 g/mol. The lowest BCUT2D eigenvalue weighted by Gasteiger charge is -2.25. The number of fused-ring (bicyclic) bond motifs is 3. The number of thioether (sulfide) groups is 1. The SMILES string of the molecule is COc1ccccc1CNC(=O)CC[C@H]1N=C2c3ccccc3N=C(SCc3cccc([N+](=O)[O-])c3)N2C1=O. The molecule has 0 spiro atoms. The van der Waals surface area contributed by atoms with Gasteiger partial charge in [0.15, 0.2) is 5.17 Å². The number of nitrogens with one attached hydrogen (secondary N) is 1. The lowest BCUT2D eigenvalue weighted by atomic mass is 10.1. The number of carbonyl (C=O) groups is 2. The lowest BCUT2D eigenvalue weighted by Crippen LogP contribution is -2.41. The third-order valence-corrected chi connectivity index (χ3v) is 7.36. The number of hydrogen-bond donors (Lipinski definition) is 1. The van der Waals surface area contributed by atoms with Gasteiger partial charge in [0.1, 0.15) is 17.6 Å². The molecule has 0 saturated carbocycles. The number of carbonyl (C=O) groups excluding carboxylic acids is 2. The van der Waals surface area contributed by atoms with Crippen LogP contribution in [0.5, 0.6) is 5.75 Å². The molecule has 0 bridgehead atoms. The first kappa shape index (κ1) is 26.1. The van der Waals surface area contributed by atoms with Crippen LogP contribution in [0.3, 0.4) is 0 Å². The van der Waals surface area contributed by atoms with Crippen molar-refractivity contribution in [2.24, 2.45) is 9.98 Å². The number of para-hydroxylation sites is 2. The summed E-state index contributed by atoms with van der Waals surface area (Å²) in [6.45, 7) is 0.320. The summed E-state index contributed by atoms with van der Waals surface area (Å²) < 4.78 is 5.33. The molecule has 0 aromatic heterocycles. The number of nitro benzene ring substituents is 1. The van der Waals surface area contributed by atoms with E-state index in [9.17, 15) is 19.7 Å². The van der Waals surface area contributed by atoms with Crippen LogP contribution in [0.1, 0.15) is 29.5 Å². The van der Waals surface area contributed by atoms with E-state index in [-0.39, 0.29) is 30.3 Å². The minimum Gasteiger partial charge on any atom is -0.496 e. The summed E-state index contributed by atoms with van der Waals surface area (Å²) in [5.74, 6) is 1.15. The highest BCUT2D eigenvalue weighted by Crippen LogP contribution is 2.35. The van der Waals surface area contributed by atoms with Gasteiger partial charge >= 0.3 is 0 Å². The molecule has 0 unspecified atom stereocenters. The van der Waals surface area contributed by atoms with Gasteiger partial charge in [-0.25, -0.2) is 9.89 Å². The zero-order chi connectivity index (χ0) is 27.4. The van der Waals surface area contributed by atoms with Crippen molar-refractivity contribution in [1.82, 2.24) is 10.2 Å². The van der Waals surface area contributed by atoms with Crippen molar-refractivity contribution in [1.29, 1.82) is 0 Å². The zero-order valence-corrected chi connectivity index (χ0v) is 21.9. The number of benzene rings is 3. The number of ether oxygens (including phenoxy) is 1. The van der Waals surface area contributed by atoms with Crippen LogP contribution < -0.4 is 10.1 Å². The minimum absolute atomic E-state index is 0.00702. The standard InChI is InChI=1S/C28H25N5O5S/c1-38-24-12-5-2-8-19(24)16-29-25(34)14-13-23-27(35)32-26(30-23)21-10-3-4-11-22(21)31-28(32)39-17-18-7-6-9-20(15-18)33(36)37/h2-12,15,23H,13-14,16-17H2,1H3,(H,29,34)/t23-/m1/s1. The number of nitrogens with zero attached hydrogens (tertiary/aromatic N) is 4. The van der Waals surface area contributed by atoms with E-state index in [0.29, 0.717) is 34.7 Å². The predicted molar refractivity (Wildman–Crippen MR) is 149 cm³/mol. The van der Waals surface area contributed by atoms with Crippen molar-refractivity contribution in [3.8, 4) is 5.75 Å². The summed E-state index contributed by atoms with van der Waals surface area (Å²) in [7, 11) is 1.58. The minimum atomic E-state index is -0.716. The molecule has 0 aliphatic carbocycles. The van der Waals surface area contributed by atoms with E-state index in [1.807, 2.05) is 48.5 Å². The van der Waals surface area contributed by atoms with Gasteiger partial charge in [-0.3, -0.25) is 24.7 Å². The molecule has 0 radical (unpaired) electrons. The molecule has 2 aliphatic heterocycles. The molecule has 10 nitrogen and oxygen atoms in total. The van der Waals surface area contributed by atoms with Crippen LogP contribution >= 0.6 is 11.8 Å². The molecule has 2 aliphatic rings. The Bertz CT molecular complexity index is 1500. The maximum atomic E-state index is 13.5. The smallest absolute Gasteiger partial charge is 0.269 e. The van der Waals surface area contributed by atoms with Crippen molar-refractivity contribution in [2.45, 2.75) is 31.2 Å². The fourth-order valence-electron chi connectivity index (χ4n) is 4.39. The number of rotatable bonds is 9. The molecule has 2 heterocycles. The fourth-order valence-corrected chi connectivity index (χ4v) is 5.34. The maximum absolute atomic E-state index is 13.5. The Morgan fingerprint density at radius 2 is 1.92 bits per heavy atom. The summed E-state index contributed by atoms with van der Waals surface area (Å²) in [5.41, 5.74) is 3.04. The lowest BCUT2D eigenvalue weighted by molar-refractivity contribution is -0.384. The van der Waals surface area contributed by atoms with Gasteiger partial charge in [-0.15, -0.1) is 0 Å². The Labute approximate surface area is 228 Å². The monoisotopic (exact) mass is 543 g/mol. The van der Waals surface area contributed by atoms with E-state index in [2.05, 4.69) is 5.32 Å². The molecule has 39 heavy (non-hydrogen) atoms. The van der Waals surface area contributed by atoms with Crippen LogP contribution in [0.4, 0.5) is 11.4 Å². The molecule has 1 atom stereocenters. The first-order valence-electron chi connectivity index (χ1n) is 12.3. The second-order valence-electron chi connectivity index (χ2n) is 8.90. The number of nitro groups is 1. The highest BCUT2D eigenvalue weighted by molar-refractivity contribution is 8.13. The van der Waals surface area contributed by atoms with Gasteiger partial charge < -0.3 is 10.1 Å². The highest BCUT2D eigenvalue weighted by Gasteiger charge is 2.41. The van der Waals surface area contributed by atoms with Gasteiger partial charge in [-0.2, -0.15) is 0 Å². The number of amides is 2. The molecular formula is C28H25N5O5S. The molecule has 5 rings (SSSR count). The van der Waals surface area contributed by atoms with E-state index >= 15 is 0 Å². The predicted octanol–water partition coefficient (Wildman–Crippen LogP) is 4.59. The number of hydrogen-bond acceptors (Lipinski definition) is 8. The molecule has 198 valence electrons. The summed E-state index contributed by atoms with van der Waals surface area (Å²) in [4.78, 5) is 47.7. The molecule has 2 amide bonds. The fraction of sp³-hybridized carbons (Fsp3) is 0.214. The van der Waals surface area contributed by atoms with Gasteiger partial charge in [-0.1, -0.05) is 54.2 Å². The van der Waals surface area contributed by atoms with Crippen molar-refractivity contribution >= 4 is 46.0 Å².